The minimum absolute atomic E-state index is 0.0226. The van der Waals surface area contributed by atoms with Crippen molar-refractivity contribution in [2.75, 3.05) is 26.8 Å². The fourth-order valence-corrected chi connectivity index (χ4v) is 3.83. The third-order valence-corrected chi connectivity index (χ3v) is 5.35. The smallest absolute Gasteiger partial charge is 0.383 e. The highest BCUT2D eigenvalue weighted by Gasteiger charge is 2.33. The molecule has 1 aliphatic heterocycles. The molecule has 0 bridgehead atoms. The van der Waals surface area contributed by atoms with Crippen molar-refractivity contribution in [3.63, 3.8) is 0 Å². The molecular formula is C21H21F3N4O2. The number of aromatic nitrogens is 3. The van der Waals surface area contributed by atoms with Crippen LogP contribution in [0.3, 0.4) is 0 Å². The van der Waals surface area contributed by atoms with Gasteiger partial charge >= 0.3 is 6.18 Å². The molecule has 4 rings (SSSR count). The molecule has 0 saturated carbocycles. The van der Waals surface area contributed by atoms with Crippen LogP contribution < -0.4 is 0 Å². The van der Waals surface area contributed by atoms with E-state index in [1.807, 2.05) is 16.7 Å². The molecule has 30 heavy (non-hydrogen) atoms. The van der Waals surface area contributed by atoms with Crippen LogP contribution in [0, 0.1) is 0 Å². The summed E-state index contributed by atoms with van der Waals surface area (Å²) in [5, 5.41) is 0. The number of amides is 1. The number of alkyl halides is 3. The van der Waals surface area contributed by atoms with Gasteiger partial charge in [-0.2, -0.15) is 13.2 Å². The number of methoxy groups -OCH3 is 1. The first kappa shape index (κ1) is 20.3. The van der Waals surface area contributed by atoms with E-state index in [4.69, 9.17) is 9.72 Å². The second kappa shape index (κ2) is 8.06. The van der Waals surface area contributed by atoms with Crippen molar-refractivity contribution in [2.24, 2.45) is 0 Å². The van der Waals surface area contributed by atoms with Gasteiger partial charge in [-0.3, -0.25) is 4.79 Å². The second-order valence-corrected chi connectivity index (χ2v) is 7.27. The first-order valence-electron chi connectivity index (χ1n) is 9.65. The Morgan fingerprint density at radius 3 is 2.70 bits per heavy atom. The Balaban J connectivity index is 1.54. The van der Waals surface area contributed by atoms with Gasteiger partial charge in [-0.1, -0.05) is 0 Å². The van der Waals surface area contributed by atoms with E-state index in [0.717, 1.165) is 35.5 Å². The van der Waals surface area contributed by atoms with Crippen molar-refractivity contribution in [2.45, 2.75) is 25.1 Å². The molecule has 0 spiro atoms. The molecule has 1 atom stereocenters. The number of likely N-dealkylation sites (tertiary alicyclic amines) is 1. The zero-order valence-electron chi connectivity index (χ0n) is 16.4. The Labute approximate surface area is 171 Å². The molecule has 1 aliphatic rings. The quantitative estimate of drug-likeness (QED) is 0.634. The normalized spacial score (nSPS) is 17.1. The lowest BCUT2D eigenvalue weighted by atomic mass is 10.1. The van der Waals surface area contributed by atoms with Crippen LogP contribution in [0.15, 0.2) is 42.6 Å². The van der Waals surface area contributed by atoms with Gasteiger partial charge in [0, 0.05) is 44.4 Å². The molecule has 2 aromatic heterocycles. The summed E-state index contributed by atoms with van der Waals surface area (Å²) < 4.78 is 45.5. The summed E-state index contributed by atoms with van der Waals surface area (Å²) in [6, 6.07) is 8.07. The van der Waals surface area contributed by atoms with Crippen molar-refractivity contribution in [3.05, 3.63) is 59.5 Å². The lowest BCUT2D eigenvalue weighted by Crippen LogP contribution is -2.29. The number of imidazole rings is 1. The molecule has 9 heteroatoms. The molecule has 1 amide bonds. The number of rotatable bonds is 5. The highest BCUT2D eigenvalue weighted by atomic mass is 19.4. The Morgan fingerprint density at radius 2 is 2.00 bits per heavy atom. The molecule has 3 aromatic rings. The maximum atomic E-state index is 12.8. The standard InChI is InChI=1S/C21H21F3N4O2/c1-30-12-11-28-18(26-17-3-2-9-25-19(17)28)15-8-10-27(13-15)20(29)14-4-6-16(7-5-14)21(22,23)24/h2-7,9,15H,8,10-13H2,1H3. The van der Waals surface area contributed by atoms with Crippen molar-refractivity contribution in [1.82, 2.24) is 19.4 Å². The number of hydrogen-bond acceptors (Lipinski definition) is 4. The molecule has 1 saturated heterocycles. The zero-order chi connectivity index (χ0) is 21.3. The minimum Gasteiger partial charge on any atom is -0.383 e. The molecule has 1 unspecified atom stereocenters. The number of halogens is 3. The Morgan fingerprint density at radius 1 is 1.23 bits per heavy atom. The van der Waals surface area contributed by atoms with Gasteiger partial charge in [-0.25, -0.2) is 9.97 Å². The average Bonchev–Trinajstić information content (AvgIpc) is 3.36. The summed E-state index contributed by atoms with van der Waals surface area (Å²) in [6.45, 7) is 2.08. The van der Waals surface area contributed by atoms with Crippen LogP contribution >= 0.6 is 0 Å². The largest absolute Gasteiger partial charge is 0.416 e. The molecule has 1 aromatic carbocycles. The van der Waals surface area contributed by atoms with Crippen molar-refractivity contribution in [3.8, 4) is 0 Å². The van der Waals surface area contributed by atoms with E-state index in [2.05, 4.69) is 4.98 Å². The van der Waals surface area contributed by atoms with Crippen molar-refractivity contribution < 1.29 is 22.7 Å². The topological polar surface area (TPSA) is 60.2 Å². The fraction of sp³-hybridized carbons (Fsp3) is 0.381. The van der Waals surface area contributed by atoms with Crippen LogP contribution in [0.25, 0.3) is 11.2 Å². The van der Waals surface area contributed by atoms with Gasteiger partial charge < -0.3 is 14.2 Å². The van der Waals surface area contributed by atoms with Crippen LogP contribution in [0.1, 0.15) is 34.1 Å². The third kappa shape index (κ3) is 3.89. The third-order valence-electron chi connectivity index (χ3n) is 5.35. The average molecular weight is 418 g/mol. The molecule has 1 fully saturated rings. The van der Waals surface area contributed by atoms with Gasteiger partial charge in [0.05, 0.1) is 12.2 Å². The fourth-order valence-electron chi connectivity index (χ4n) is 3.83. The van der Waals surface area contributed by atoms with Crippen LogP contribution in [0.2, 0.25) is 0 Å². The van der Waals surface area contributed by atoms with E-state index in [-0.39, 0.29) is 17.4 Å². The second-order valence-electron chi connectivity index (χ2n) is 7.27. The lowest BCUT2D eigenvalue weighted by Gasteiger charge is -2.17. The Bertz CT molecular complexity index is 1050. The van der Waals surface area contributed by atoms with Gasteiger partial charge in [0.1, 0.15) is 11.3 Å². The minimum atomic E-state index is -4.42. The predicted octanol–water partition coefficient (Wildman–Crippen LogP) is 3.73. The van der Waals surface area contributed by atoms with E-state index < -0.39 is 11.7 Å². The highest BCUT2D eigenvalue weighted by molar-refractivity contribution is 5.94. The number of carbonyl (C=O) groups excluding carboxylic acids is 1. The lowest BCUT2D eigenvalue weighted by molar-refractivity contribution is -0.137. The molecule has 0 N–H and O–H groups in total. The van der Waals surface area contributed by atoms with E-state index in [0.29, 0.717) is 26.2 Å². The first-order valence-corrected chi connectivity index (χ1v) is 9.65. The zero-order valence-corrected chi connectivity index (χ0v) is 16.4. The van der Waals surface area contributed by atoms with Gasteiger partial charge in [0.25, 0.3) is 5.91 Å². The number of nitrogens with zero attached hydrogens (tertiary/aromatic N) is 4. The Kier molecular flexibility index (Phi) is 5.46. The van der Waals surface area contributed by atoms with E-state index >= 15 is 0 Å². The molecule has 6 nitrogen and oxygen atoms in total. The first-order chi connectivity index (χ1) is 14.4. The van der Waals surface area contributed by atoms with Crippen molar-refractivity contribution >= 4 is 17.1 Å². The Hall–Kier alpha value is -2.94. The molecule has 0 radical (unpaired) electrons. The molecular weight excluding hydrogens is 397 g/mol. The molecule has 3 heterocycles. The number of benzene rings is 1. The van der Waals surface area contributed by atoms with Crippen LogP contribution in [-0.4, -0.2) is 52.1 Å². The van der Waals surface area contributed by atoms with Gasteiger partial charge in [-0.05, 0) is 42.8 Å². The summed E-state index contributed by atoms with van der Waals surface area (Å²) >= 11 is 0. The number of ether oxygens (including phenoxy) is 1. The summed E-state index contributed by atoms with van der Waals surface area (Å²) in [7, 11) is 1.63. The summed E-state index contributed by atoms with van der Waals surface area (Å²) in [4.78, 5) is 23.6. The monoisotopic (exact) mass is 418 g/mol. The van der Waals surface area contributed by atoms with E-state index in [1.165, 1.54) is 12.1 Å². The van der Waals surface area contributed by atoms with Crippen LogP contribution in [-0.2, 0) is 17.5 Å². The highest BCUT2D eigenvalue weighted by Crippen LogP contribution is 2.31. The van der Waals surface area contributed by atoms with Crippen molar-refractivity contribution in [1.29, 1.82) is 0 Å². The number of carbonyl (C=O) groups is 1. The predicted molar refractivity (Wildman–Crippen MR) is 104 cm³/mol. The van der Waals surface area contributed by atoms with Gasteiger partial charge in [-0.15, -0.1) is 0 Å². The summed E-state index contributed by atoms with van der Waals surface area (Å²) in [5.41, 5.74) is 1.05. The van der Waals surface area contributed by atoms with Gasteiger partial charge in [0.2, 0.25) is 0 Å². The molecule has 158 valence electrons. The van der Waals surface area contributed by atoms with E-state index in [9.17, 15) is 18.0 Å². The summed E-state index contributed by atoms with van der Waals surface area (Å²) in [6.07, 6.45) is -1.98. The van der Waals surface area contributed by atoms with E-state index in [1.54, 1.807) is 18.2 Å². The van der Waals surface area contributed by atoms with Crippen LogP contribution in [0.5, 0.6) is 0 Å². The number of pyridine rings is 1. The van der Waals surface area contributed by atoms with Gasteiger partial charge in [0.15, 0.2) is 5.65 Å². The molecule has 0 aliphatic carbocycles. The summed E-state index contributed by atoms with van der Waals surface area (Å²) in [5.74, 6) is 0.599. The SMILES string of the molecule is COCCn1c(C2CCN(C(=O)c3ccc(C(F)(F)F)cc3)C2)nc2cccnc21. The number of hydrogen-bond donors (Lipinski definition) is 0. The van der Waals surface area contributed by atoms with Crippen LogP contribution in [0.4, 0.5) is 13.2 Å². The maximum absolute atomic E-state index is 12.8. The number of fused-ring (bicyclic) bond motifs is 1. The maximum Gasteiger partial charge on any atom is 0.416 e.